The molecule has 1 atom stereocenters. The standard InChI is InChI=1S/C13H13ClFNO4/c14-10-6-9(15)2-1-8(10)5-11(17)16-13(12(18)19)3-4-20-7-13/h1-2,6H,3-5,7H2,(H,16,17)(H,18,19). The first-order chi connectivity index (χ1) is 9.43. The molecule has 1 aliphatic rings. The van der Waals surface area contributed by atoms with Crippen LogP contribution in [0.2, 0.25) is 5.02 Å². The minimum Gasteiger partial charge on any atom is -0.479 e. The van der Waals surface area contributed by atoms with Crippen molar-refractivity contribution in [3.63, 3.8) is 0 Å². The van der Waals surface area contributed by atoms with E-state index in [2.05, 4.69) is 5.32 Å². The number of ether oxygens (including phenoxy) is 1. The summed E-state index contributed by atoms with van der Waals surface area (Å²) in [5.74, 6) is -2.12. The number of carbonyl (C=O) groups is 2. The molecule has 0 aliphatic carbocycles. The van der Waals surface area contributed by atoms with E-state index >= 15 is 0 Å². The minimum atomic E-state index is -1.39. The number of carbonyl (C=O) groups excluding carboxylic acids is 1. The first kappa shape index (κ1) is 14.7. The van der Waals surface area contributed by atoms with Crippen LogP contribution in [-0.4, -0.2) is 35.7 Å². The second-order valence-electron chi connectivity index (χ2n) is 4.65. The van der Waals surface area contributed by atoms with Crippen molar-refractivity contribution >= 4 is 23.5 Å². The fourth-order valence-electron chi connectivity index (χ4n) is 2.03. The summed E-state index contributed by atoms with van der Waals surface area (Å²) in [7, 11) is 0. The van der Waals surface area contributed by atoms with E-state index in [0.29, 0.717) is 5.56 Å². The van der Waals surface area contributed by atoms with Crippen LogP contribution in [0.5, 0.6) is 0 Å². The molecule has 1 aromatic carbocycles. The van der Waals surface area contributed by atoms with Gasteiger partial charge < -0.3 is 15.2 Å². The zero-order valence-electron chi connectivity index (χ0n) is 10.5. The Bertz CT molecular complexity index is 543. The summed E-state index contributed by atoms with van der Waals surface area (Å²) >= 11 is 5.83. The van der Waals surface area contributed by atoms with Crippen LogP contribution in [0.25, 0.3) is 0 Å². The van der Waals surface area contributed by atoms with E-state index in [9.17, 15) is 19.1 Å². The molecule has 20 heavy (non-hydrogen) atoms. The lowest BCUT2D eigenvalue weighted by Crippen LogP contribution is -2.55. The molecule has 1 aromatic rings. The van der Waals surface area contributed by atoms with Crippen molar-refractivity contribution in [2.24, 2.45) is 0 Å². The number of hydrogen-bond donors (Lipinski definition) is 2. The molecule has 1 unspecified atom stereocenters. The third-order valence-electron chi connectivity index (χ3n) is 3.18. The summed E-state index contributed by atoms with van der Waals surface area (Å²) in [5, 5.41) is 11.8. The number of carboxylic acids is 1. The first-order valence-corrected chi connectivity index (χ1v) is 6.37. The van der Waals surface area contributed by atoms with Gasteiger partial charge in [-0.3, -0.25) is 4.79 Å². The number of nitrogens with one attached hydrogen (secondary N) is 1. The molecule has 1 heterocycles. The Morgan fingerprint density at radius 1 is 1.50 bits per heavy atom. The molecular formula is C13H13ClFNO4. The number of carboxylic acid groups (broad SMARTS) is 1. The number of aliphatic carboxylic acids is 1. The van der Waals surface area contributed by atoms with Crippen molar-refractivity contribution in [3.05, 3.63) is 34.6 Å². The number of amides is 1. The summed E-state index contributed by atoms with van der Waals surface area (Å²) in [4.78, 5) is 23.2. The molecule has 0 bridgehead atoms. The largest absolute Gasteiger partial charge is 0.479 e. The van der Waals surface area contributed by atoms with Crippen LogP contribution < -0.4 is 5.32 Å². The fraction of sp³-hybridized carbons (Fsp3) is 0.385. The fourth-order valence-corrected chi connectivity index (χ4v) is 2.27. The maximum Gasteiger partial charge on any atom is 0.331 e. The zero-order chi connectivity index (χ0) is 14.8. The third kappa shape index (κ3) is 3.08. The average Bonchev–Trinajstić information content (AvgIpc) is 2.82. The van der Waals surface area contributed by atoms with Gasteiger partial charge in [0.05, 0.1) is 13.0 Å². The van der Waals surface area contributed by atoms with Crippen LogP contribution >= 0.6 is 11.6 Å². The Balaban J connectivity index is 2.07. The van der Waals surface area contributed by atoms with E-state index in [0.717, 1.165) is 6.07 Å². The second-order valence-corrected chi connectivity index (χ2v) is 5.06. The summed E-state index contributed by atoms with van der Waals surface area (Å²) in [5.41, 5.74) is -0.950. The average molecular weight is 302 g/mol. The summed E-state index contributed by atoms with van der Waals surface area (Å²) in [6.07, 6.45) is 0.0966. The van der Waals surface area contributed by atoms with Gasteiger partial charge in [0, 0.05) is 18.1 Å². The number of benzene rings is 1. The van der Waals surface area contributed by atoms with Crippen molar-refractivity contribution in [1.29, 1.82) is 0 Å². The van der Waals surface area contributed by atoms with Gasteiger partial charge in [-0.05, 0) is 17.7 Å². The molecule has 0 spiro atoms. The molecule has 1 fully saturated rings. The van der Waals surface area contributed by atoms with Crippen molar-refractivity contribution in [1.82, 2.24) is 5.32 Å². The maximum atomic E-state index is 12.9. The Hall–Kier alpha value is -1.66. The van der Waals surface area contributed by atoms with Gasteiger partial charge in [0.2, 0.25) is 5.91 Å². The van der Waals surface area contributed by atoms with Gasteiger partial charge in [-0.2, -0.15) is 0 Å². The third-order valence-corrected chi connectivity index (χ3v) is 3.53. The van der Waals surface area contributed by atoms with E-state index in [1.165, 1.54) is 12.1 Å². The first-order valence-electron chi connectivity index (χ1n) is 5.99. The number of halogens is 2. The summed E-state index contributed by atoms with van der Waals surface area (Å²) < 4.78 is 17.9. The van der Waals surface area contributed by atoms with E-state index in [1.807, 2.05) is 0 Å². The predicted molar refractivity (Wildman–Crippen MR) is 69.1 cm³/mol. The molecule has 2 rings (SSSR count). The van der Waals surface area contributed by atoms with Crippen LogP contribution in [-0.2, 0) is 20.7 Å². The molecular weight excluding hydrogens is 289 g/mol. The quantitative estimate of drug-likeness (QED) is 0.881. The molecule has 0 saturated carbocycles. The molecule has 2 N–H and O–H groups in total. The van der Waals surface area contributed by atoms with Crippen molar-refractivity contribution in [2.75, 3.05) is 13.2 Å². The van der Waals surface area contributed by atoms with Gasteiger partial charge in [0.25, 0.3) is 0 Å². The summed E-state index contributed by atoms with van der Waals surface area (Å²) in [6, 6.07) is 3.70. The van der Waals surface area contributed by atoms with Crippen molar-refractivity contribution < 1.29 is 23.8 Å². The Kier molecular flexibility index (Phi) is 4.25. The molecule has 1 amide bonds. The molecule has 1 aliphatic heterocycles. The van der Waals surface area contributed by atoms with Crippen LogP contribution in [0.4, 0.5) is 4.39 Å². The highest BCUT2D eigenvalue weighted by molar-refractivity contribution is 6.31. The van der Waals surface area contributed by atoms with Crippen molar-refractivity contribution in [3.8, 4) is 0 Å². The zero-order valence-corrected chi connectivity index (χ0v) is 11.2. The lowest BCUT2D eigenvalue weighted by atomic mass is 9.98. The van der Waals surface area contributed by atoms with E-state index in [4.69, 9.17) is 16.3 Å². The van der Waals surface area contributed by atoms with Gasteiger partial charge in [-0.1, -0.05) is 17.7 Å². The lowest BCUT2D eigenvalue weighted by Gasteiger charge is -2.23. The summed E-state index contributed by atoms with van der Waals surface area (Å²) in [6.45, 7) is 0.217. The van der Waals surface area contributed by atoms with Crippen molar-refractivity contribution in [2.45, 2.75) is 18.4 Å². The highest BCUT2D eigenvalue weighted by Gasteiger charge is 2.43. The van der Waals surface area contributed by atoms with Crippen LogP contribution in [0.3, 0.4) is 0 Å². The Morgan fingerprint density at radius 2 is 2.25 bits per heavy atom. The van der Waals surface area contributed by atoms with E-state index in [-0.39, 0.29) is 31.1 Å². The van der Waals surface area contributed by atoms with E-state index < -0.39 is 23.2 Å². The van der Waals surface area contributed by atoms with Crippen LogP contribution in [0.1, 0.15) is 12.0 Å². The molecule has 7 heteroatoms. The second kappa shape index (κ2) is 5.76. The molecule has 1 saturated heterocycles. The molecule has 108 valence electrons. The number of rotatable bonds is 4. The number of hydrogen-bond acceptors (Lipinski definition) is 3. The topological polar surface area (TPSA) is 75.6 Å². The van der Waals surface area contributed by atoms with E-state index in [1.54, 1.807) is 0 Å². The van der Waals surface area contributed by atoms with Gasteiger partial charge in [0.15, 0.2) is 5.54 Å². The highest BCUT2D eigenvalue weighted by atomic mass is 35.5. The smallest absolute Gasteiger partial charge is 0.331 e. The highest BCUT2D eigenvalue weighted by Crippen LogP contribution is 2.21. The predicted octanol–water partition coefficient (Wildman–Crippen LogP) is 1.38. The van der Waals surface area contributed by atoms with Crippen LogP contribution in [0.15, 0.2) is 18.2 Å². The molecule has 5 nitrogen and oxygen atoms in total. The monoisotopic (exact) mass is 301 g/mol. The van der Waals surface area contributed by atoms with Gasteiger partial charge in [0.1, 0.15) is 5.82 Å². The maximum absolute atomic E-state index is 12.9. The Morgan fingerprint density at radius 3 is 2.80 bits per heavy atom. The minimum absolute atomic E-state index is 0.0643. The SMILES string of the molecule is O=C(Cc1ccc(F)cc1Cl)NC1(C(=O)O)CCOC1. The lowest BCUT2D eigenvalue weighted by molar-refractivity contribution is -0.147. The normalized spacial score (nSPS) is 21.7. The molecule has 0 aromatic heterocycles. The van der Waals surface area contributed by atoms with Gasteiger partial charge >= 0.3 is 5.97 Å². The Labute approximate surface area is 119 Å². The van der Waals surface area contributed by atoms with Crippen LogP contribution in [0, 0.1) is 5.82 Å². The molecule has 0 radical (unpaired) electrons. The van der Waals surface area contributed by atoms with Gasteiger partial charge in [-0.25, -0.2) is 9.18 Å². The van der Waals surface area contributed by atoms with Gasteiger partial charge in [-0.15, -0.1) is 0 Å².